The van der Waals surface area contributed by atoms with E-state index in [1.807, 2.05) is 0 Å². The third kappa shape index (κ3) is 2.51. The van der Waals surface area contributed by atoms with Crippen molar-refractivity contribution in [1.82, 2.24) is 25.1 Å². The minimum atomic E-state index is -0.0969. The quantitative estimate of drug-likeness (QED) is 0.756. The van der Waals surface area contributed by atoms with Gasteiger partial charge < -0.3 is 10.2 Å². The molecule has 1 N–H and O–H groups in total. The summed E-state index contributed by atoms with van der Waals surface area (Å²) in [6, 6.07) is 9.51. The number of carbonyl (C=O) groups is 1. The molecule has 1 saturated carbocycles. The van der Waals surface area contributed by atoms with Crippen molar-refractivity contribution in [3.05, 3.63) is 54.0 Å². The van der Waals surface area contributed by atoms with E-state index in [0.29, 0.717) is 28.5 Å². The van der Waals surface area contributed by atoms with Gasteiger partial charge in [0.1, 0.15) is 11.9 Å². The minimum absolute atomic E-state index is 0.0969. The van der Waals surface area contributed by atoms with E-state index in [1.54, 1.807) is 47.4 Å². The smallest absolute Gasteiger partial charge is 0.253 e. The first-order chi connectivity index (χ1) is 13.2. The second-order valence-electron chi connectivity index (χ2n) is 7.12. The van der Waals surface area contributed by atoms with Crippen LogP contribution in [0.1, 0.15) is 22.3 Å². The van der Waals surface area contributed by atoms with Crippen LogP contribution >= 0.6 is 0 Å². The number of fused-ring (bicyclic) bond motifs is 2. The molecule has 8 nitrogen and oxygen atoms in total. The van der Waals surface area contributed by atoms with Gasteiger partial charge in [0.15, 0.2) is 0 Å². The maximum absolute atomic E-state index is 12.8. The van der Waals surface area contributed by atoms with E-state index >= 15 is 0 Å². The predicted molar refractivity (Wildman–Crippen MR) is 97.0 cm³/mol. The first kappa shape index (κ1) is 15.8. The van der Waals surface area contributed by atoms with Gasteiger partial charge in [-0.2, -0.15) is 5.26 Å². The van der Waals surface area contributed by atoms with E-state index < -0.39 is 0 Å². The van der Waals surface area contributed by atoms with Crippen molar-refractivity contribution in [2.75, 3.05) is 18.0 Å². The summed E-state index contributed by atoms with van der Waals surface area (Å²) in [4.78, 5) is 19.3. The van der Waals surface area contributed by atoms with E-state index in [-0.39, 0.29) is 11.9 Å². The molecular weight excluding hydrogens is 342 g/mol. The van der Waals surface area contributed by atoms with Gasteiger partial charge in [-0.15, -0.1) is 5.10 Å². The summed E-state index contributed by atoms with van der Waals surface area (Å²) in [6.07, 6.45) is 6.03. The SMILES string of the molecule is N#Cc1cccnc1N1CC2CC(NC(=O)c3cccn4nncc34)C2C1. The molecule has 1 aliphatic carbocycles. The molecule has 134 valence electrons. The molecule has 2 aliphatic rings. The van der Waals surface area contributed by atoms with Crippen molar-refractivity contribution in [3.8, 4) is 6.07 Å². The summed E-state index contributed by atoms with van der Waals surface area (Å²) in [6.45, 7) is 1.69. The van der Waals surface area contributed by atoms with Crippen LogP contribution in [0.3, 0.4) is 0 Å². The third-order valence-electron chi connectivity index (χ3n) is 5.67. The van der Waals surface area contributed by atoms with Gasteiger partial charge in [0.05, 0.1) is 22.8 Å². The lowest BCUT2D eigenvalue weighted by Gasteiger charge is -2.39. The first-order valence-corrected chi connectivity index (χ1v) is 8.94. The molecule has 1 saturated heterocycles. The van der Waals surface area contributed by atoms with Gasteiger partial charge in [0.2, 0.25) is 0 Å². The minimum Gasteiger partial charge on any atom is -0.355 e. The molecule has 5 rings (SSSR count). The molecule has 1 amide bonds. The number of nitrogens with one attached hydrogen (secondary N) is 1. The molecule has 0 radical (unpaired) electrons. The van der Waals surface area contributed by atoms with Crippen LogP contribution in [0.5, 0.6) is 0 Å². The Hall–Kier alpha value is -3.47. The first-order valence-electron chi connectivity index (χ1n) is 8.94. The molecule has 1 aliphatic heterocycles. The average molecular weight is 359 g/mol. The Morgan fingerprint density at radius 3 is 3.11 bits per heavy atom. The maximum atomic E-state index is 12.8. The fourth-order valence-corrected chi connectivity index (χ4v) is 4.27. The number of hydrogen-bond donors (Lipinski definition) is 1. The highest BCUT2D eigenvalue weighted by atomic mass is 16.1. The van der Waals surface area contributed by atoms with Crippen LogP contribution in [0.15, 0.2) is 42.9 Å². The number of rotatable bonds is 3. The largest absolute Gasteiger partial charge is 0.355 e. The molecule has 3 atom stereocenters. The van der Waals surface area contributed by atoms with Crippen molar-refractivity contribution in [3.63, 3.8) is 0 Å². The number of nitriles is 1. The second-order valence-corrected chi connectivity index (χ2v) is 7.12. The summed E-state index contributed by atoms with van der Waals surface area (Å²) in [5, 5.41) is 20.3. The summed E-state index contributed by atoms with van der Waals surface area (Å²) in [7, 11) is 0. The van der Waals surface area contributed by atoms with E-state index in [2.05, 4.69) is 31.6 Å². The van der Waals surface area contributed by atoms with Crippen molar-refractivity contribution in [1.29, 1.82) is 5.26 Å². The van der Waals surface area contributed by atoms with Crippen LogP contribution in [-0.2, 0) is 0 Å². The number of anilines is 1. The summed E-state index contributed by atoms with van der Waals surface area (Å²) < 4.78 is 1.60. The van der Waals surface area contributed by atoms with Crippen LogP contribution in [-0.4, -0.2) is 44.8 Å². The average Bonchev–Trinajstić information content (AvgIpc) is 3.30. The fourth-order valence-electron chi connectivity index (χ4n) is 4.27. The van der Waals surface area contributed by atoms with Crippen LogP contribution in [0, 0.1) is 23.2 Å². The van der Waals surface area contributed by atoms with Crippen LogP contribution in [0.4, 0.5) is 5.82 Å². The maximum Gasteiger partial charge on any atom is 0.253 e. The topological polar surface area (TPSA) is 99.2 Å². The van der Waals surface area contributed by atoms with Gasteiger partial charge in [0, 0.05) is 37.4 Å². The highest BCUT2D eigenvalue weighted by Gasteiger charge is 2.48. The Bertz CT molecular complexity index is 1070. The number of nitrogens with zero attached hydrogens (tertiary/aromatic N) is 6. The van der Waals surface area contributed by atoms with E-state index in [9.17, 15) is 10.1 Å². The van der Waals surface area contributed by atoms with Crippen LogP contribution in [0.25, 0.3) is 5.52 Å². The Kier molecular flexibility index (Phi) is 3.53. The fraction of sp³-hybridized carbons (Fsp3) is 0.316. The molecule has 8 heteroatoms. The number of pyridine rings is 2. The Labute approximate surface area is 155 Å². The van der Waals surface area contributed by atoms with E-state index in [4.69, 9.17) is 0 Å². The molecule has 4 heterocycles. The van der Waals surface area contributed by atoms with Crippen molar-refractivity contribution < 1.29 is 4.79 Å². The zero-order valence-electron chi connectivity index (χ0n) is 14.5. The normalized spacial score (nSPS) is 23.5. The zero-order valence-corrected chi connectivity index (χ0v) is 14.5. The molecule has 2 fully saturated rings. The third-order valence-corrected chi connectivity index (χ3v) is 5.67. The Morgan fingerprint density at radius 2 is 2.22 bits per heavy atom. The number of carbonyl (C=O) groups excluding carboxylic acids is 1. The van der Waals surface area contributed by atoms with Gasteiger partial charge in [0.25, 0.3) is 5.91 Å². The van der Waals surface area contributed by atoms with Crippen LogP contribution in [0.2, 0.25) is 0 Å². The Balaban J connectivity index is 1.30. The molecule has 3 unspecified atom stereocenters. The summed E-state index contributed by atoms with van der Waals surface area (Å²) in [5.74, 6) is 1.55. The summed E-state index contributed by atoms with van der Waals surface area (Å²) in [5.41, 5.74) is 1.88. The second kappa shape index (κ2) is 6.06. The van der Waals surface area contributed by atoms with Gasteiger partial charge in [-0.1, -0.05) is 5.21 Å². The molecule has 3 aromatic heterocycles. The zero-order chi connectivity index (χ0) is 18.4. The van der Waals surface area contributed by atoms with Gasteiger partial charge in [-0.3, -0.25) is 4.79 Å². The van der Waals surface area contributed by atoms with Crippen molar-refractivity contribution in [2.45, 2.75) is 12.5 Å². The predicted octanol–water partition coefficient (Wildman–Crippen LogP) is 1.25. The van der Waals surface area contributed by atoms with Crippen molar-refractivity contribution >= 4 is 17.2 Å². The van der Waals surface area contributed by atoms with Crippen molar-refractivity contribution in [2.24, 2.45) is 11.8 Å². The molecule has 0 bridgehead atoms. The lowest BCUT2D eigenvalue weighted by Crippen LogP contribution is -2.52. The van der Waals surface area contributed by atoms with Gasteiger partial charge >= 0.3 is 0 Å². The monoisotopic (exact) mass is 359 g/mol. The lowest BCUT2D eigenvalue weighted by molar-refractivity contribution is 0.0834. The van der Waals surface area contributed by atoms with Crippen LogP contribution < -0.4 is 10.2 Å². The highest BCUT2D eigenvalue weighted by Crippen LogP contribution is 2.42. The lowest BCUT2D eigenvalue weighted by atomic mass is 9.71. The molecule has 0 spiro atoms. The Morgan fingerprint density at radius 1 is 1.30 bits per heavy atom. The van der Waals surface area contributed by atoms with E-state index in [1.165, 1.54) is 0 Å². The van der Waals surface area contributed by atoms with E-state index in [0.717, 1.165) is 25.3 Å². The number of amides is 1. The highest BCUT2D eigenvalue weighted by molar-refractivity contribution is 6.00. The molecule has 27 heavy (non-hydrogen) atoms. The number of aromatic nitrogens is 4. The summed E-state index contributed by atoms with van der Waals surface area (Å²) >= 11 is 0. The standard InChI is InChI=1S/C19H17N7O/c20-8-12-3-1-5-21-18(12)25-10-13-7-16(15(13)11-25)23-19(27)14-4-2-6-26-17(14)9-22-24-26/h1-6,9,13,15-16H,7,10-11H2,(H,23,27). The molecular formula is C19H17N7O. The molecule has 3 aromatic rings. The number of hydrogen-bond acceptors (Lipinski definition) is 6. The molecule has 0 aromatic carbocycles. The van der Waals surface area contributed by atoms with Gasteiger partial charge in [-0.25, -0.2) is 9.50 Å². The van der Waals surface area contributed by atoms with Gasteiger partial charge in [-0.05, 0) is 36.6 Å².